The first-order valence-electron chi connectivity index (χ1n) is 7.85. The fourth-order valence-electron chi connectivity index (χ4n) is 4.28. The number of rotatable bonds is 4. The highest BCUT2D eigenvalue weighted by Crippen LogP contribution is 2.57. The van der Waals surface area contributed by atoms with E-state index in [1.54, 1.807) is 24.3 Å². The fraction of sp³-hybridized carbons (Fsp3) is 0.471. The molecular formula is C17H17NO5. The fourth-order valence-corrected chi connectivity index (χ4v) is 4.28. The van der Waals surface area contributed by atoms with Gasteiger partial charge in [0.1, 0.15) is 6.10 Å². The minimum absolute atomic E-state index is 0.0112. The lowest BCUT2D eigenvalue weighted by atomic mass is 9.80. The predicted octanol–water partition coefficient (Wildman–Crippen LogP) is 1.37. The number of ether oxygens (including phenoxy) is 2. The van der Waals surface area contributed by atoms with Crippen molar-refractivity contribution in [3.05, 3.63) is 30.3 Å². The van der Waals surface area contributed by atoms with Gasteiger partial charge in [0.25, 0.3) is 5.91 Å². The van der Waals surface area contributed by atoms with E-state index in [1.807, 2.05) is 6.07 Å². The Morgan fingerprint density at radius 2 is 2.00 bits per heavy atom. The van der Waals surface area contributed by atoms with Crippen molar-refractivity contribution in [3.8, 4) is 0 Å². The van der Waals surface area contributed by atoms with Crippen LogP contribution in [0.1, 0.15) is 12.8 Å². The standard InChI is InChI=1S/C17H17NO5/c19-13(18-10-4-2-1-3-5-10)8-22-16(20)14-9-6-11-12(7-9)23-17(21)15(11)14/h1-5,9,11-12,14-15H,6-8H2,(H,18,19)/t9-,11+,12-,14-,15+/m1/s1. The molecule has 1 aromatic carbocycles. The molecule has 6 nitrogen and oxygen atoms in total. The third-order valence-electron chi connectivity index (χ3n) is 5.16. The molecule has 1 saturated heterocycles. The number of fused-ring (bicyclic) bond motifs is 1. The first-order valence-corrected chi connectivity index (χ1v) is 7.85. The molecule has 1 heterocycles. The van der Waals surface area contributed by atoms with Gasteiger partial charge in [0, 0.05) is 11.6 Å². The van der Waals surface area contributed by atoms with Crippen molar-refractivity contribution in [2.75, 3.05) is 11.9 Å². The molecule has 2 saturated carbocycles. The third kappa shape index (κ3) is 2.38. The van der Waals surface area contributed by atoms with E-state index in [-0.39, 0.29) is 42.3 Å². The Hall–Kier alpha value is -2.37. The molecule has 3 aliphatic rings. The van der Waals surface area contributed by atoms with Crippen molar-refractivity contribution >= 4 is 23.5 Å². The van der Waals surface area contributed by atoms with Gasteiger partial charge in [-0.3, -0.25) is 14.4 Å². The van der Waals surface area contributed by atoms with Gasteiger partial charge in [0.05, 0.1) is 11.8 Å². The predicted molar refractivity (Wildman–Crippen MR) is 79.1 cm³/mol. The van der Waals surface area contributed by atoms with Gasteiger partial charge in [-0.2, -0.15) is 0 Å². The number of esters is 2. The Balaban J connectivity index is 1.34. The Morgan fingerprint density at radius 3 is 2.78 bits per heavy atom. The quantitative estimate of drug-likeness (QED) is 0.849. The highest BCUT2D eigenvalue weighted by Gasteiger charge is 2.64. The van der Waals surface area contributed by atoms with E-state index in [1.165, 1.54) is 0 Å². The second-order valence-electron chi connectivity index (χ2n) is 6.44. The molecule has 5 atom stereocenters. The van der Waals surface area contributed by atoms with Gasteiger partial charge in [-0.1, -0.05) is 18.2 Å². The number of carbonyl (C=O) groups excluding carboxylic acids is 3. The molecular weight excluding hydrogens is 298 g/mol. The number of hydrogen-bond acceptors (Lipinski definition) is 5. The number of anilines is 1. The molecule has 23 heavy (non-hydrogen) atoms. The zero-order chi connectivity index (χ0) is 16.0. The molecule has 6 heteroatoms. The number of hydrogen-bond donors (Lipinski definition) is 1. The average Bonchev–Trinajstić information content (AvgIpc) is 3.15. The van der Waals surface area contributed by atoms with Gasteiger partial charge in [-0.05, 0) is 30.9 Å². The van der Waals surface area contributed by atoms with Crippen molar-refractivity contribution < 1.29 is 23.9 Å². The summed E-state index contributed by atoms with van der Waals surface area (Å²) in [7, 11) is 0. The maximum atomic E-state index is 12.3. The Bertz CT molecular complexity index is 656. The first-order chi connectivity index (χ1) is 11.1. The largest absolute Gasteiger partial charge is 0.462 e. The van der Waals surface area contributed by atoms with Crippen molar-refractivity contribution in [3.63, 3.8) is 0 Å². The van der Waals surface area contributed by atoms with Crippen LogP contribution in [0, 0.1) is 23.7 Å². The summed E-state index contributed by atoms with van der Waals surface area (Å²) in [6.45, 7) is -0.340. The van der Waals surface area contributed by atoms with Gasteiger partial charge in [-0.15, -0.1) is 0 Å². The summed E-state index contributed by atoms with van der Waals surface area (Å²) in [4.78, 5) is 36.0. The number of benzene rings is 1. The van der Waals surface area contributed by atoms with E-state index >= 15 is 0 Å². The lowest BCUT2D eigenvalue weighted by molar-refractivity contribution is -0.157. The second-order valence-corrected chi connectivity index (χ2v) is 6.44. The van der Waals surface area contributed by atoms with Crippen LogP contribution in [0.4, 0.5) is 5.69 Å². The molecule has 1 N–H and O–H groups in total. The van der Waals surface area contributed by atoms with E-state index in [4.69, 9.17) is 9.47 Å². The van der Waals surface area contributed by atoms with Crippen LogP contribution < -0.4 is 5.32 Å². The van der Waals surface area contributed by atoms with Crippen molar-refractivity contribution in [1.82, 2.24) is 0 Å². The smallest absolute Gasteiger partial charge is 0.310 e. The van der Waals surface area contributed by atoms with Gasteiger partial charge in [0.15, 0.2) is 6.61 Å². The van der Waals surface area contributed by atoms with Crippen LogP contribution in [0.25, 0.3) is 0 Å². The van der Waals surface area contributed by atoms with Crippen LogP contribution in [0.2, 0.25) is 0 Å². The summed E-state index contributed by atoms with van der Waals surface area (Å²) in [5.41, 5.74) is 0.649. The topological polar surface area (TPSA) is 81.7 Å². The van der Waals surface area contributed by atoms with Gasteiger partial charge in [-0.25, -0.2) is 0 Å². The highest BCUT2D eigenvalue weighted by atomic mass is 16.6. The maximum Gasteiger partial charge on any atom is 0.310 e. The van der Waals surface area contributed by atoms with E-state index < -0.39 is 11.9 Å². The van der Waals surface area contributed by atoms with Crippen LogP contribution in [0.5, 0.6) is 0 Å². The van der Waals surface area contributed by atoms with Crippen molar-refractivity contribution in [2.45, 2.75) is 18.9 Å². The van der Waals surface area contributed by atoms with Crippen LogP contribution in [-0.2, 0) is 23.9 Å². The minimum Gasteiger partial charge on any atom is -0.462 e. The lowest BCUT2D eigenvalue weighted by Gasteiger charge is -2.22. The maximum absolute atomic E-state index is 12.3. The van der Waals surface area contributed by atoms with Gasteiger partial charge >= 0.3 is 11.9 Å². The highest BCUT2D eigenvalue weighted by molar-refractivity contribution is 5.93. The van der Waals surface area contributed by atoms with E-state index in [0.29, 0.717) is 5.69 Å². The molecule has 2 aliphatic carbocycles. The molecule has 1 aliphatic heterocycles. The number of carbonyl (C=O) groups is 3. The van der Waals surface area contributed by atoms with Crippen molar-refractivity contribution in [1.29, 1.82) is 0 Å². The number of para-hydroxylation sites is 1. The summed E-state index contributed by atoms with van der Waals surface area (Å²) < 4.78 is 10.5. The van der Waals surface area contributed by atoms with Crippen LogP contribution in [-0.4, -0.2) is 30.6 Å². The van der Waals surface area contributed by atoms with Gasteiger partial charge < -0.3 is 14.8 Å². The summed E-state index contributed by atoms with van der Waals surface area (Å²) in [6, 6.07) is 8.96. The zero-order valence-corrected chi connectivity index (χ0v) is 12.4. The zero-order valence-electron chi connectivity index (χ0n) is 12.4. The normalized spacial score (nSPS) is 33.4. The molecule has 120 valence electrons. The molecule has 1 aromatic rings. The van der Waals surface area contributed by atoms with Gasteiger partial charge in [0.2, 0.25) is 0 Å². The SMILES string of the molecule is O=C(COC(=O)[C@@H]1[C@@H]2C[C@@H]3[C@@H]1C(=O)O[C@@H]3C2)Nc1ccccc1. The summed E-state index contributed by atoms with van der Waals surface area (Å²) in [5.74, 6) is -1.65. The van der Waals surface area contributed by atoms with E-state index in [9.17, 15) is 14.4 Å². The molecule has 0 aromatic heterocycles. The second kappa shape index (κ2) is 5.37. The Labute approximate surface area is 133 Å². The molecule has 1 amide bonds. The molecule has 0 unspecified atom stereocenters. The monoisotopic (exact) mass is 315 g/mol. The number of nitrogens with one attached hydrogen (secondary N) is 1. The Kier molecular flexibility index (Phi) is 3.32. The molecule has 4 rings (SSSR count). The summed E-state index contributed by atoms with van der Waals surface area (Å²) in [5, 5.41) is 2.66. The molecule has 0 radical (unpaired) electrons. The number of amides is 1. The summed E-state index contributed by atoms with van der Waals surface area (Å²) >= 11 is 0. The first kappa shape index (κ1) is 14.2. The van der Waals surface area contributed by atoms with E-state index in [0.717, 1.165) is 12.8 Å². The minimum atomic E-state index is -0.456. The molecule has 3 fully saturated rings. The third-order valence-corrected chi connectivity index (χ3v) is 5.16. The van der Waals surface area contributed by atoms with Crippen molar-refractivity contribution in [2.24, 2.45) is 23.7 Å². The van der Waals surface area contributed by atoms with Crippen LogP contribution >= 0.6 is 0 Å². The molecule has 2 bridgehead atoms. The van der Waals surface area contributed by atoms with Crippen LogP contribution in [0.3, 0.4) is 0 Å². The van der Waals surface area contributed by atoms with Crippen LogP contribution in [0.15, 0.2) is 30.3 Å². The van der Waals surface area contributed by atoms with E-state index in [2.05, 4.69) is 5.32 Å². The molecule has 0 spiro atoms. The average molecular weight is 315 g/mol. The Morgan fingerprint density at radius 1 is 1.22 bits per heavy atom. The lowest BCUT2D eigenvalue weighted by Crippen LogP contribution is -2.34. The summed E-state index contributed by atoms with van der Waals surface area (Å²) in [6.07, 6.45) is 1.57.